The molecule has 3 aromatic heterocycles. The van der Waals surface area contributed by atoms with Gasteiger partial charge in [-0.2, -0.15) is 0 Å². The lowest BCUT2D eigenvalue weighted by atomic mass is 9.89. The molecule has 0 N–H and O–H groups in total. The molecule has 0 saturated carbocycles. The van der Waals surface area contributed by atoms with E-state index < -0.39 is 0 Å². The summed E-state index contributed by atoms with van der Waals surface area (Å²) in [5, 5.41) is 7.77. The molecule has 48 heavy (non-hydrogen) atoms. The smallest absolute Gasteiger partial charge is 0.136 e. The standard InChI is InChI=1S/C45H28OS2/c1-2-9-30-29(8-1)35(43-36(30)22-23-38-34-11-4-6-15-42(34)48-45(38)43)20-17-26-16-19-31-32-21-18-27(25-40(32)46-39(31)24-26)28-12-7-13-37-33-10-3-5-14-41(33)47-44(28)37/h1-16,18-19,21-25,35H,17,20H2. The van der Waals surface area contributed by atoms with Crippen LogP contribution in [-0.2, 0) is 6.42 Å². The molecule has 0 amide bonds. The van der Waals surface area contributed by atoms with Crippen LogP contribution in [0, 0.1) is 0 Å². The maximum absolute atomic E-state index is 6.61. The zero-order valence-electron chi connectivity index (χ0n) is 26.0. The SMILES string of the molecule is c1ccc2c(c1)-c1ccc3c(sc4ccccc43)c1C2CCc1ccc2c(c1)oc1cc(-c3cccc4c3sc3ccccc34)ccc12. The molecule has 0 radical (unpaired) electrons. The first-order valence-electron chi connectivity index (χ1n) is 16.7. The lowest BCUT2D eigenvalue weighted by Crippen LogP contribution is -1.99. The van der Waals surface area contributed by atoms with Crippen molar-refractivity contribution in [1.82, 2.24) is 0 Å². The maximum atomic E-state index is 6.61. The van der Waals surface area contributed by atoms with Gasteiger partial charge in [0.25, 0.3) is 0 Å². The first kappa shape index (κ1) is 26.8. The Morgan fingerprint density at radius 1 is 0.479 bits per heavy atom. The number of furan rings is 1. The number of rotatable bonds is 4. The Balaban J connectivity index is 0.961. The van der Waals surface area contributed by atoms with Gasteiger partial charge in [0.1, 0.15) is 11.2 Å². The molecule has 1 unspecified atom stereocenters. The van der Waals surface area contributed by atoms with Gasteiger partial charge in [-0.05, 0) is 82.1 Å². The van der Waals surface area contributed by atoms with Crippen molar-refractivity contribution in [2.45, 2.75) is 18.8 Å². The summed E-state index contributed by atoms with van der Waals surface area (Å²) in [7, 11) is 0. The van der Waals surface area contributed by atoms with E-state index in [1.54, 1.807) is 0 Å². The quantitative estimate of drug-likeness (QED) is 0.185. The minimum absolute atomic E-state index is 0.374. The molecule has 7 aromatic carbocycles. The molecular weight excluding hydrogens is 621 g/mol. The van der Waals surface area contributed by atoms with Crippen LogP contribution in [0.5, 0.6) is 0 Å². The summed E-state index contributed by atoms with van der Waals surface area (Å²) in [4.78, 5) is 0. The van der Waals surface area contributed by atoms with E-state index in [0.717, 1.165) is 24.0 Å². The van der Waals surface area contributed by atoms with Crippen LogP contribution in [0.4, 0.5) is 0 Å². The Morgan fingerprint density at radius 2 is 1.12 bits per heavy atom. The molecule has 11 rings (SSSR count). The van der Waals surface area contributed by atoms with Gasteiger partial charge in [-0.15, -0.1) is 22.7 Å². The van der Waals surface area contributed by atoms with Crippen LogP contribution in [0.2, 0.25) is 0 Å². The lowest BCUT2D eigenvalue weighted by molar-refractivity contribution is 0.667. The van der Waals surface area contributed by atoms with Crippen molar-refractivity contribution >= 4 is 85.0 Å². The van der Waals surface area contributed by atoms with Crippen LogP contribution in [0.25, 0.3) is 84.5 Å². The summed E-state index contributed by atoms with van der Waals surface area (Å²) in [6.45, 7) is 0. The normalized spacial score (nSPS) is 14.2. The second-order valence-corrected chi connectivity index (χ2v) is 15.2. The van der Waals surface area contributed by atoms with Crippen LogP contribution < -0.4 is 0 Å². The molecule has 0 bridgehead atoms. The number of aryl methyl sites for hydroxylation is 1. The molecule has 226 valence electrons. The van der Waals surface area contributed by atoms with Gasteiger partial charge in [-0.3, -0.25) is 0 Å². The van der Waals surface area contributed by atoms with E-state index in [1.807, 2.05) is 22.7 Å². The van der Waals surface area contributed by atoms with Crippen molar-refractivity contribution in [2.75, 3.05) is 0 Å². The summed E-state index contributed by atoms with van der Waals surface area (Å²) >= 11 is 3.83. The van der Waals surface area contributed by atoms with E-state index in [-0.39, 0.29) is 0 Å². The van der Waals surface area contributed by atoms with Gasteiger partial charge in [-0.25, -0.2) is 0 Å². The third-order valence-corrected chi connectivity index (χ3v) is 13.0. The molecule has 0 spiro atoms. The van der Waals surface area contributed by atoms with Crippen LogP contribution in [0.3, 0.4) is 0 Å². The summed E-state index contributed by atoms with van der Waals surface area (Å²) in [5.74, 6) is 0.374. The molecule has 1 aliphatic rings. The number of benzene rings is 7. The van der Waals surface area contributed by atoms with Crippen LogP contribution in [-0.4, -0.2) is 0 Å². The molecule has 0 aliphatic heterocycles. The van der Waals surface area contributed by atoms with Gasteiger partial charge < -0.3 is 4.42 Å². The first-order valence-corrected chi connectivity index (χ1v) is 18.3. The van der Waals surface area contributed by atoms with E-state index >= 15 is 0 Å². The Morgan fingerprint density at radius 3 is 1.98 bits per heavy atom. The zero-order valence-corrected chi connectivity index (χ0v) is 27.6. The van der Waals surface area contributed by atoms with E-state index in [0.29, 0.717) is 5.92 Å². The van der Waals surface area contributed by atoms with E-state index in [2.05, 4.69) is 140 Å². The predicted octanol–water partition coefficient (Wildman–Crippen LogP) is 13.7. The van der Waals surface area contributed by atoms with Gasteiger partial charge in [0.05, 0.1) is 0 Å². The fraction of sp³-hybridized carbons (Fsp3) is 0.0667. The van der Waals surface area contributed by atoms with Crippen molar-refractivity contribution in [3.8, 4) is 22.3 Å². The average Bonchev–Trinajstić information content (AvgIpc) is 3.89. The molecule has 3 heterocycles. The van der Waals surface area contributed by atoms with Crippen LogP contribution in [0.1, 0.15) is 29.0 Å². The highest BCUT2D eigenvalue weighted by Crippen LogP contribution is 2.52. The summed E-state index contributed by atoms with van der Waals surface area (Å²) in [5.41, 5.74) is 11.5. The van der Waals surface area contributed by atoms with E-state index in [4.69, 9.17) is 4.42 Å². The van der Waals surface area contributed by atoms with Crippen molar-refractivity contribution in [1.29, 1.82) is 0 Å². The van der Waals surface area contributed by atoms with Crippen molar-refractivity contribution < 1.29 is 4.42 Å². The molecule has 0 fully saturated rings. The Kier molecular flexibility index (Phi) is 5.66. The Bertz CT molecular complexity index is 2920. The molecule has 10 aromatic rings. The second-order valence-electron chi connectivity index (χ2n) is 13.1. The topological polar surface area (TPSA) is 13.1 Å². The van der Waals surface area contributed by atoms with Gasteiger partial charge in [0, 0.05) is 57.0 Å². The molecule has 0 saturated heterocycles. The van der Waals surface area contributed by atoms with Crippen LogP contribution in [0.15, 0.2) is 144 Å². The van der Waals surface area contributed by atoms with Gasteiger partial charge in [0.15, 0.2) is 0 Å². The monoisotopic (exact) mass is 648 g/mol. The highest BCUT2D eigenvalue weighted by atomic mass is 32.1. The van der Waals surface area contributed by atoms with Crippen LogP contribution >= 0.6 is 22.7 Å². The Labute approximate surface area is 285 Å². The summed E-state index contributed by atoms with van der Waals surface area (Å²) < 4.78 is 12.1. The average molecular weight is 649 g/mol. The third-order valence-electron chi connectivity index (χ3n) is 10.5. The molecule has 1 nitrogen and oxygen atoms in total. The highest BCUT2D eigenvalue weighted by molar-refractivity contribution is 7.26. The third kappa shape index (κ3) is 3.83. The Hall–Kier alpha value is -5.22. The minimum atomic E-state index is 0.374. The number of thiophene rings is 2. The first-order chi connectivity index (χ1) is 23.8. The van der Waals surface area contributed by atoms with Gasteiger partial charge in [0.2, 0.25) is 0 Å². The molecular formula is C45H28OS2. The fourth-order valence-electron chi connectivity index (χ4n) is 8.32. The number of hydrogen-bond donors (Lipinski definition) is 0. The summed E-state index contributed by atoms with van der Waals surface area (Å²) in [6, 6.07) is 51.6. The number of hydrogen-bond acceptors (Lipinski definition) is 3. The fourth-order valence-corrected chi connectivity index (χ4v) is 10.9. The van der Waals surface area contributed by atoms with Gasteiger partial charge >= 0.3 is 0 Å². The van der Waals surface area contributed by atoms with Crippen molar-refractivity contribution in [2.24, 2.45) is 0 Å². The minimum Gasteiger partial charge on any atom is -0.456 e. The van der Waals surface area contributed by atoms with E-state index in [1.165, 1.54) is 90.1 Å². The van der Waals surface area contributed by atoms with Gasteiger partial charge in [-0.1, -0.05) is 109 Å². The largest absolute Gasteiger partial charge is 0.456 e. The maximum Gasteiger partial charge on any atom is 0.136 e. The second kappa shape index (κ2) is 10.1. The number of fused-ring (bicyclic) bond motifs is 13. The summed E-state index contributed by atoms with van der Waals surface area (Å²) in [6.07, 6.45) is 2.05. The zero-order chi connectivity index (χ0) is 31.3. The molecule has 3 heteroatoms. The predicted molar refractivity (Wildman–Crippen MR) is 207 cm³/mol. The van der Waals surface area contributed by atoms with Crippen molar-refractivity contribution in [3.05, 3.63) is 156 Å². The lowest BCUT2D eigenvalue weighted by Gasteiger charge is -2.15. The molecule has 1 aliphatic carbocycles. The molecule has 1 atom stereocenters. The van der Waals surface area contributed by atoms with Crippen molar-refractivity contribution in [3.63, 3.8) is 0 Å². The highest BCUT2D eigenvalue weighted by Gasteiger charge is 2.31. The van der Waals surface area contributed by atoms with E-state index in [9.17, 15) is 0 Å².